The number of rotatable bonds is 3. The summed E-state index contributed by atoms with van der Waals surface area (Å²) >= 11 is 0. The van der Waals surface area contributed by atoms with E-state index in [1.165, 1.54) is 0 Å². The van der Waals surface area contributed by atoms with Crippen LogP contribution in [0.2, 0.25) is 0 Å². The first kappa shape index (κ1) is 8.97. The molecule has 3 nitrogen and oxygen atoms in total. The van der Waals surface area contributed by atoms with Gasteiger partial charge in [0.25, 0.3) is 0 Å². The van der Waals surface area contributed by atoms with E-state index in [1.54, 1.807) is 7.11 Å². The number of hydrogen-bond donors (Lipinski definition) is 1. The van der Waals surface area contributed by atoms with Crippen LogP contribution in [0.25, 0.3) is 0 Å². The summed E-state index contributed by atoms with van der Waals surface area (Å²) in [6.07, 6.45) is 0.325. The maximum absolute atomic E-state index is 5.85. The van der Waals surface area contributed by atoms with Crippen molar-refractivity contribution in [2.45, 2.75) is 25.5 Å². The smallest absolute Gasteiger partial charge is 0.0670 e. The monoisotopic (exact) mass is 158 g/mol. The van der Waals surface area contributed by atoms with Crippen LogP contribution < -0.4 is 5.73 Å². The molecule has 0 aliphatic carbocycles. The summed E-state index contributed by atoms with van der Waals surface area (Å²) in [5, 5.41) is 0. The molecule has 0 bridgehead atoms. The average Bonchev–Trinajstić information content (AvgIpc) is 1.83. The van der Waals surface area contributed by atoms with Crippen LogP contribution in [0.3, 0.4) is 0 Å². The van der Waals surface area contributed by atoms with Crippen molar-refractivity contribution in [2.75, 3.05) is 26.7 Å². The van der Waals surface area contributed by atoms with Crippen LogP contribution >= 0.6 is 0 Å². The molecule has 1 fully saturated rings. The zero-order valence-electron chi connectivity index (χ0n) is 7.63. The lowest BCUT2D eigenvalue weighted by molar-refractivity contribution is 0.0182. The second-order valence-electron chi connectivity index (χ2n) is 3.87. The van der Waals surface area contributed by atoms with Gasteiger partial charge in [0.1, 0.15) is 0 Å². The third-order valence-electron chi connectivity index (χ3n) is 2.09. The van der Waals surface area contributed by atoms with Gasteiger partial charge in [0.2, 0.25) is 0 Å². The number of nitrogens with two attached hydrogens (primary N) is 1. The maximum atomic E-state index is 5.85. The van der Waals surface area contributed by atoms with Gasteiger partial charge < -0.3 is 10.5 Å². The Morgan fingerprint density at radius 1 is 1.64 bits per heavy atom. The molecule has 1 rings (SSSR count). The molecule has 0 aromatic carbocycles. The van der Waals surface area contributed by atoms with Gasteiger partial charge >= 0.3 is 0 Å². The second kappa shape index (κ2) is 3.09. The van der Waals surface area contributed by atoms with Gasteiger partial charge in [-0.2, -0.15) is 0 Å². The Labute approximate surface area is 68.5 Å². The summed E-state index contributed by atoms with van der Waals surface area (Å²) in [6, 6.07) is 0. The molecule has 2 N–H and O–H groups in total. The molecule has 1 unspecified atom stereocenters. The van der Waals surface area contributed by atoms with Crippen molar-refractivity contribution in [1.29, 1.82) is 0 Å². The van der Waals surface area contributed by atoms with Gasteiger partial charge in [-0.25, -0.2) is 0 Å². The minimum atomic E-state index is 0.0491. The first-order valence-electron chi connectivity index (χ1n) is 4.07. The van der Waals surface area contributed by atoms with Gasteiger partial charge in [0.05, 0.1) is 6.10 Å². The van der Waals surface area contributed by atoms with Gasteiger partial charge in [0, 0.05) is 32.3 Å². The maximum Gasteiger partial charge on any atom is 0.0670 e. The zero-order chi connectivity index (χ0) is 8.48. The van der Waals surface area contributed by atoms with Crippen LogP contribution in [-0.4, -0.2) is 43.3 Å². The zero-order valence-corrected chi connectivity index (χ0v) is 7.63. The predicted molar refractivity (Wildman–Crippen MR) is 45.5 cm³/mol. The van der Waals surface area contributed by atoms with Crippen LogP contribution in [-0.2, 0) is 4.74 Å². The highest BCUT2D eigenvalue weighted by Gasteiger charge is 2.34. The largest absolute Gasteiger partial charge is 0.380 e. The molecule has 0 aromatic heterocycles. The van der Waals surface area contributed by atoms with E-state index in [-0.39, 0.29) is 5.54 Å². The van der Waals surface area contributed by atoms with Crippen LogP contribution in [0.1, 0.15) is 13.8 Å². The van der Waals surface area contributed by atoms with E-state index in [9.17, 15) is 0 Å². The molecule has 1 aliphatic heterocycles. The van der Waals surface area contributed by atoms with Crippen molar-refractivity contribution in [3.8, 4) is 0 Å². The lowest BCUT2D eigenvalue weighted by atomic mass is 9.93. The first-order chi connectivity index (χ1) is 5.03. The minimum absolute atomic E-state index is 0.0491. The Morgan fingerprint density at radius 3 is 2.55 bits per heavy atom. The highest BCUT2D eigenvalue weighted by Crippen LogP contribution is 2.17. The summed E-state index contributed by atoms with van der Waals surface area (Å²) in [5.41, 5.74) is 5.90. The Kier molecular flexibility index (Phi) is 2.52. The minimum Gasteiger partial charge on any atom is -0.380 e. The molecule has 1 atom stereocenters. The highest BCUT2D eigenvalue weighted by atomic mass is 16.5. The fourth-order valence-electron chi connectivity index (χ4n) is 1.54. The van der Waals surface area contributed by atoms with E-state index < -0.39 is 0 Å². The Hall–Kier alpha value is -0.120. The van der Waals surface area contributed by atoms with E-state index in [0.29, 0.717) is 6.10 Å². The number of nitrogens with zero attached hydrogens (tertiary/aromatic N) is 1. The number of hydrogen-bond acceptors (Lipinski definition) is 3. The summed E-state index contributed by atoms with van der Waals surface area (Å²) in [7, 11) is 1.74. The fraction of sp³-hybridized carbons (Fsp3) is 1.00. The van der Waals surface area contributed by atoms with Gasteiger partial charge in [-0.15, -0.1) is 0 Å². The van der Waals surface area contributed by atoms with Crippen molar-refractivity contribution in [2.24, 2.45) is 5.73 Å². The van der Waals surface area contributed by atoms with E-state index in [4.69, 9.17) is 10.5 Å². The molecular formula is C8H18N2O. The molecule has 0 spiro atoms. The molecule has 66 valence electrons. The van der Waals surface area contributed by atoms with E-state index in [0.717, 1.165) is 19.6 Å². The van der Waals surface area contributed by atoms with Crippen molar-refractivity contribution in [3.63, 3.8) is 0 Å². The second-order valence-corrected chi connectivity index (χ2v) is 3.87. The van der Waals surface area contributed by atoms with E-state index in [2.05, 4.69) is 18.7 Å². The standard InChI is InChI=1S/C8H18N2O/c1-7(11-3)4-10-5-8(2,9)6-10/h7H,4-6,9H2,1-3H3. The predicted octanol–water partition coefficient (Wildman–Crippen LogP) is 0.0543. The van der Waals surface area contributed by atoms with Gasteiger partial charge in [-0.1, -0.05) is 0 Å². The molecule has 11 heavy (non-hydrogen) atoms. The third-order valence-corrected chi connectivity index (χ3v) is 2.09. The normalized spacial score (nSPS) is 26.2. The Bertz CT molecular complexity index is 128. The number of methoxy groups -OCH3 is 1. The molecule has 0 radical (unpaired) electrons. The SMILES string of the molecule is COC(C)CN1CC(C)(N)C1. The molecule has 1 saturated heterocycles. The molecular weight excluding hydrogens is 140 g/mol. The molecule has 0 aromatic rings. The lowest BCUT2D eigenvalue weighted by Crippen LogP contribution is -2.66. The molecule has 1 aliphatic rings. The average molecular weight is 158 g/mol. The van der Waals surface area contributed by atoms with Crippen molar-refractivity contribution in [3.05, 3.63) is 0 Å². The van der Waals surface area contributed by atoms with E-state index in [1.807, 2.05) is 0 Å². The molecule has 3 heteroatoms. The molecule has 0 saturated carbocycles. The van der Waals surface area contributed by atoms with Crippen LogP contribution in [0, 0.1) is 0 Å². The topological polar surface area (TPSA) is 38.5 Å². The van der Waals surface area contributed by atoms with Gasteiger partial charge in [-0.05, 0) is 13.8 Å². The third kappa shape index (κ3) is 2.43. The fourth-order valence-corrected chi connectivity index (χ4v) is 1.54. The van der Waals surface area contributed by atoms with Crippen LogP contribution in [0.4, 0.5) is 0 Å². The highest BCUT2D eigenvalue weighted by molar-refractivity contribution is 4.96. The van der Waals surface area contributed by atoms with E-state index >= 15 is 0 Å². The summed E-state index contributed by atoms with van der Waals surface area (Å²) in [6.45, 7) is 7.16. The summed E-state index contributed by atoms with van der Waals surface area (Å²) in [5.74, 6) is 0. The van der Waals surface area contributed by atoms with Crippen LogP contribution in [0.15, 0.2) is 0 Å². The van der Waals surface area contributed by atoms with Gasteiger partial charge in [0.15, 0.2) is 0 Å². The van der Waals surface area contributed by atoms with Crippen molar-refractivity contribution >= 4 is 0 Å². The van der Waals surface area contributed by atoms with Crippen molar-refractivity contribution in [1.82, 2.24) is 4.90 Å². The molecule has 1 heterocycles. The van der Waals surface area contributed by atoms with Crippen molar-refractivity contribution < 1.29 is 4.74 Å². The summed E-state index contributed by atoms with van der Waals surface area (Å²) < 4.78 is 5.14. The van der Waals surface area contributed by atoms with Gasteiger partial charge in [-0.3, -0.25) is 4.90 Å². The van der Waals surface area contributed by atoms with Crippen LogP contribution in [0.5, 0.6) is 0 Å². The molecule has 0 amide bonds. The Balaban J connectivity index is 2.13. The quantitative estimate of drug-likeness (QED) is 0.631. The first-order valence-corrected chi connectivity index (χ1v) is 4.07. The number of likely N-dealkylation sites (tertiary alicyclic amines) is 1. The summed E-state index contributed by atoms with van der Waals surface area (Å²) in [4.78, 5) is 2.31. The Morgan fingerprint density at radius 2 is 2.18 bits per heavy atom. The number of ether oxygens (including phenoxy) is 1. The lowest BCUT2D eigenvalue weighted by Gasteiger charge is -2.46.